The number of rotatable bonds is 2. The van der Waals surface area contributed by atoms with Crippen molar-refractivity contribution in [2.24, 2.45) is 0 Å². The first-order chi connectivity index (χ1) is 10.1. The molecule has 2 N–H and O–H groups in total. The molecule has 2 aromatic rings. The monoisotopic (exact) mass is 304 g/mol. The number of para-hydroxylation sites is 1. The Morgan fingerprint density at radius 2 is 2.10 bits per heavy atom. The molecule has 1 aromatic carbocycles. The highest BCUT2D eigenvalue weighted by atomic mass is 35.5. The highest BCUT2D eigenvalue weighted by Gasteiger charge is 2.32. The smallest absolute Gasteiger partial charge is 0.311 e. The number of aromatic amines is 1. The summed E-state index contributed by atoms with van der Waals surface area (Å²) >= 11 is 5.83. The molecule has 0 saturated carbocycles. The first kappa shape index (κ1) is 13.7. The molecule has 108 valence electrons. The van der Waals surface area contributed by atoms with Gasteiger partial charge in [-0.3, -0.25) is 9.59 Å². The average Bonchev–Trinajstić information content (AvgIpc) is 2.91. The quantitative estimate of drug-likeness (QED) is 0.896. The van der Waals surface area contributed by atoms with Crippen LogP contribution in [0.2, 0.25) is 5.02 Å². The number of amides is 1. The Morgan fingerprint density at radius 1 is 1.33 bits per heavy atom. The van der Waals surface area contributed by atoms with Gasteiger partial charge in [-0.15, -0.1) is 0 Å². The zero-order valence-electron chi connectivity index (χ0n) is 11.0. The average molecular weight is 305 g/mol. The van der Waals surface area contributed by atoms with Gasteiger partial charge in [0.05, 0.1) is 10.9 Å². The minimum Gasteiger partial charge on any atom is -0.481 e. The van der Waals surface area contributed by atoms with Gasteiger partial charge in [-0.25, -0.2) is 0 Å². The molecule has 6 heteroatoms. The number of hydrogen-bond acceptors (Lipinski definition) is 2. The third kappa shape index (κ3) is 2.40. The fourth-order valence-corrected chi connectivity index (χ4v) is 2.83. The van der Waals surface area contributed by atoms with Crippen LogP contribution in [0, 0.1) is 0 Å². The second-order valence-corrected chi connectivity index (χ2v) is 5.36. The number of carbonyl (C=O) groups is 2. The number of H-pyrrole nitrogens is 1. The van der Waals surface area contributed by atoms with Crippen LogP contribution in [0.5, 0.6) is 0 Å². The van der Waals surface area contributed by atoms with Gasteiger partial charge in [0.1, 0.15) is 5.69 Å². The summed E-state index contributed by atoms with van der Waals surface area (Å²) in [6, 6.07) is 8.68. The molecule has 0 aliphatic carbocycles. The zero-order valence-corrected chi connectivity index (χ0v) is 11.8. The first-order valence-corrected chi connectivity index (χ1v) is 6.93. The van der Waals surface area contributed by atoms with Crippen LogP contribution in [0.25, 0.3) is 0 Å². The van der Waals surface area contributed by atoms with E-state index in [1.165, 1.54) is 0 Å². The van der Waals surface area contributed by atoms with Crippen LogP contribution in [-0.2, 0) is 4.79 Å². The lowest BCUT2D eigenvalue weighted by molar-refractivity contribution is -0.139. The van der Waals surface area contributed by atoms with Crippen LogP contribution < -0.4 is 4.90 Å². The van der Waals surface area contributed by atoms with Crippen molar-refractivity contribution >= 4 is 29.2 Å². The third-order valence-corrected chi connectivity index (χ3v) is 3.88. The van der Waals surface area contributed by atoms with Gasteiger partial charge in [-0.1, -0.05) is 29.8 Å². The highest BCUT2D eigenvalue weighted by molar-refractivity contribution is 6.31. The molecule has 5 nitrogen and oxygen atoms in total. The van der Waals surface area contributed by atoms with Gasteiger partial charge in [0.25, 0.3) is 5.91 Å². The summed E-state index contributed by atoms with van der Waals surface area (Å²) in [5.74, 6) is -1.65. The number of halogens is 1. The molecule has 0 spiro atoms. The predicted octanol–water partition coefficient (Wildman–Crippen LogP) is 2.89. The molecule has 0 saturated heterocycles. The van der Waals surface area contributed by atoms with Gasteiger partial charge >= 0.3 is 5.97 Å². The number of benzene rings is 1. The zero-order chi connectivity index (χ0) is 15.0. The van der Waals surface area contributed by atoms with Crippen LogP contribution >= 0.6 is 11.6 Å². The number of nitrogens with one attached hydrogen (secondary N) is 1. The van der Waals surface area contributed by atoms with Crippen LogP contribution in [0.3, 0.4) is 0 Å². The topological polar surface area (TPSA) is 73.4 Å². The molecular formula is C15H13ClN2O3. The van der Waals surface area contributed by atoms with Crippen molar-refractivity contribution in [3.05, 3.63) is 52.8 Å². The van der Waals surface area contributed by atoms with Gasteiger partial charge in [0.2, 0.25) is 0 Å². The predicted molar refractivity (Wildman–Crippen MR) is 78.9 cm³/mol. The van der Waals surface area contributed by atoms with E-state index in [1.54, 1.807) is 41.4 Å². The van der Waals surface area contributed by atoms with Gasteiger partial charge in [-0.05, 0) is 24.1 Å². The molecule has 1 aliphatic rings. The van der Waals surface area contributed by atoms with E-state index in [4.69, 9.17) is 11.6 Å². The molecule has 1 amide bonds. The molecule has 0 fully saturated rings. The molecule has 21 heavy (non-hydrogen) atoms. The number of carbonyl (C=O) groups excluding carboxylic acids is 1. The number of aromatic nitrogens is 1. The van der Waals surface area contributed by atoms with E-state index in [-0.39, 0.29) is 5.91 Å². The maximum absolute atomic E-state index is 12.5. The third-order valence-electron chi connectivity index (χ3n) is 3.67. The lowest BCUT2D eigenvalue weighted by Crippen LogP contribution is -2.38. The summed E-state index contributed by atoms with van der Waals surface area (Å²) in [6.45, 7) is 0.365. The van der Waals surface area contributed by atoms with Crippen molar-refractivity contribution in [1.29, 1.82) is 0 Å². The largest absolute Gasteiger partial charge is 0.481 e. The van der Waals surface area contributed by atoms with E-state index in [2.05, 4.69) is 4.98 Å². The second-order valence-electron chi connectivity index (χ2n) is 4.93. The van der Waals surface area contributed by atoms with Crippen molar-refractivity contribution < 1.29 is 14.7 Å². The van der Waals surface area contributed by atoms with Crippen LogP contribution in [0.15, 0.2) is 36.5 Å². The Morgan fingerprint density at radius 3 is 2.76 bits per heavy atom. The summed E-state index contributed by atoms with van der Waals surface area (Å²) in [5.41, 5.74) is 1.71. The van der Waals surface area contributed by atoms with Gasteiger partial charge in [0.15, 0.2) is 0 Å². The van der Waals surface area contributed by atoms with Crippen LogP contribution in [0.1, 0.15) is 28.4 Å². The Balaban J connectivity index is 2.00. The number of anilines is 1. The van der Waals surface area contributed by atoms with Crippen LogP contribution in [0.4, 0.5) is 5.69 Å². The van der Waals surface area contributed by atoms with E-state index >= 15 is 0 Å². The van der Waals surface area contributed by atoms with E-state index in [0.29, 0.717) is 34.9 Å². The molecule has 0 radical (unpaired) electrons. The normalized spacial score (nSPS) is 17.4. The Hall–Kier alpha value is -2.27. The maximum Gasteiger partial charge on any atom is 0.311 e. The second kappa shape index (κ2) is 5.26. The van der Waals surface area contributed by atoms with Crippen molar-refractivity contribution in [3.8, 4) is 0 Å². The maximum atomic E-state index is 12.5. The number of hydrogen-bond donors (Lipinski definition) is 2. The summed E-state index contributed by atoms with van der Waals surface area (Å²) in [5, 5.41) is 9.77. The SMILES string of the molecule is O=C(O)C1CCN(C(=O)c2cc(Cl)c[nH]2)c2ccccc21. The minimum absolute atomic E-state index is 0.210. The van der Waals surface area contributed by atoms with Gasteiger partial charge < -0.3 is 15.0 Å². The van der Waals surface area contributed by atoms with Crippen molar-refractivity contribution in [2.45, 2.75) is 12.3 Å². The number of carboxylic acid groups (broad SMARTS) is 1. The number of aliphatic carboxylic acids is 1. The number of carboxylic acids is 1. The fraction of sp³-hybridized carbons (Fsp3) is 0.200. The Bertz CT molecular complexity index is 710. The van der Waals surface area contributed by atoms with E-state index in [9.17, 15) is 14.7 Å². The molecule has 1 atom stereocenters. The molecule has 1 aliphatic heterocycles. The summed E-state index contributed by atoms with van der Waals surface area (Å²) in [4.78, 5) is 28.3. The molecule has 1 aromatic heterocycles. The van der Waals surface area contributed by atoms with Crippen molar-refractivity contribution in [3.63, 3.8) is 0 Å². The lowest BCUT2D eigenvalue weighted by atomic mass is 9.90. The van der Waals surface area contributed by atoms with Gasteiger partial charge in [0, 0.05) is 18.4 Å². The van der Waals surface area contributed by atoms with Crippen molar-refractivity contribution in [2.75, 3.05) is 11.4 Å². The lowest BCUT2D eigenvalue weighted by Gasteiger charge is -2.32. The highest BCUT2D eigenvalue weighted by Crippen LogP contribution is 2.36. The summed E-state index contributed by atoms with van der Waals surface area (Å²) < 4.78 is 0. The fourth-order valence-electron chi connectivity index (χ4n) is 2.67. The molecule has 0 bridgehead atoms. The number of fused-ring (bicyclic) bond motifs is 1. The molecule has 1 unspecified atom stereocenters. The molecule has 2 heterocycles. The minimum atomic E-state index is -0.863. The Kier molecular flexibility index (Phi) is 3.43. The van der Waals surface area contributed by atoms with Gasteiger partial charge in [-0.2, -0.15) is 0 Å². The molecule has 3 rings (SSSR count). The van der Waals surface area contributed by atoms with E-state index in [1.807, 2.05) is 0 Å². The van der Waals surface area contributed by atoms with Crippen molar-refractivity contribution in [1.82, 2.24) is 4.98 Å². The summed E-state index contributed by atoms with van der Waals surface area (Å²) in [7, 11) is 0. The standard InChI is InChI=1S/C15H13ClN2O3/c16-9-7-12(17-8-9)14(19)18-6-5-11(15(20)21)10-3-1-2-4-13(10)18/h1-4,7-8,11,17H,5-6H2,(H,20,21). The van der Waals surface area contributed by atoms with E-state index < -0.39 is 11.9 Å². The number of nitrogens with zero attached hydrogens (tertiary/aromatic N) is 1. The first-order valence-electron chi connectivity index (χ1n) is 6.55. The Labute approximate surface area is 126 Å². The molecular weight excluding hydrogens is 292 g/mol. The summed E-state index contributed by atoms with van der Waals surface area (Å²) in [6.07, 6.45) is 1.94. The van der Waals surface area contributed by atoms with Crippen LogP contribution in [-0.4, -0.2) is 28.5 Å². The van der Waals surface area contributed by atoms with E-state index in [0.717, 1.165) is 0 Å².